The fraction of sp³-hybridized carbons (Fsp3) is 0.316. The van der Waals surface area contributed by atoms with Crippen LogP contribution in [0.3, 0.4) is 0 Å². The average molecular weight is 296 g/mol. The maximum Gasteiger partial charge on any atom is 0.319 e. The SMILES string of the molecule is Cc1cc(C)c(NC(=O)N[C@@H](C)c2ccccc2C)c(C)c1. The van der Waals surface area contributed by atoms with Gasteiger partial charge in [0.05, 0.1) is 6.04 Å². The van der Waals surface area contributed by atoms with Gasteiger partial charge in [0, 0.05) is 5.69 Å². The van der Waals surface area contributed by atoms with Crippen molar-refractivity contribution in [2.75, 3.05) is 5.32 Å². The highest BCUT2D eigenvalue weighted by atomic mass is 16.2. The number of anilines is 1. The molecule has 2 aromatic carbocycles. The van der Waals surface area contributed by atoms with Crippen LogP contribution in [-0.2, 0) is 0 Å². The second-order valence-electron chi connectivity index (χ2n) is 5.95. The van der Waals surface area contributed by atoms with Gasteiger partial charge in [0.15, 0.2) is 0 Å². The minimum atomic E-state index is -0.175. The summed E-state index contributed by atoms with van der Waals surface area (Å²) < 4.78 is 0. The first-order valence-corrected chi connectivity index (χ1v) is 7.59. The van der Waals surface area contributed by atoms with E-state index < -0.39 is 0 Å². The maximum atomic E-state index is 12.3. The Morgan fingerprint density at radius 2 is 1.55 bits per heavy atom. The van der Waals surface area contributed by atoms with Crippen LogP contribution in [0.4, 0.5) is 10.5 Å². The van der Waals surface area contributed by atoms with Crippen LogP contribution in [0.1, 0.15) is 40.8 Å². The molecule has 0 saturated heterocycles. The molecule has 0 aliphatic rings. The van der Waals surface area contributed by atoms with Crippen LogP contribution in [0.5, 0.6) is 0 Å². The maximum absolute atomic E-state index is 12.3. The number of carbonyl (C=O) groups is 1. The monoisotopic (exact) mass is 296 g/mol. The standard InChI is InChI=1S/C19H24N2O/c1-12-10-14(3)18(15(4)11-12)21-19(22)20-16(5)17-9-7-6-8-13(17)2/h6-11,16H,1-5H3,(H2,20,21,22)/t16-/m0/s1. The molecule has 22 heavy (non-hydrogen) atoms. The zero-order valence-corrected chi connectivity index (χ0v) is 13.9. The highest BCUT2D eigenvalue weighted by molar-refractivity contribution is 5.91. The van der Waals surface area contributed by atoms with Gasteiger partial charge in [0.1, 0.15) is 0 Å². The van der Waals surface area contributed by atoms with Gasteiger partial charge in [0.2, 0.25) is 0 Å². The van der Waals surface area contributed by atoms with Gasteiger partial charge in [-0.15, -0.1) is 0 Å². The van der Waals surface area contributed by atoms with Crippen LogP contribution < -0.4 is 10.6 Å². The molecule has 0 bridgehead atoms. The lowest BCUT2D eigenvalue weighted by Crippen LogP contribution is -2.32. The van der Waals surface area contributed by atoms with E-state index in [1.165, 1.54) is 11.1 Å². The minimum absolute atomic E-state index is 0.0349. The lowest BCUT2D eigenvalue weighted by Gasteiger charge is -2.18. The van der Waals surface area contributed by atoms with Gasteiger partial charge in [-0.1, -0.05) is 42.0 Å². The fourth-order valence-corrected chi connectivity index (χ4v) is 2.87. The summed E-state index contributed by atoms with van der Waals surface area (Å²) in [5.74, 6) is 0. The zero-order chi connectivity index (χ0) is 16.3. The smallest absolute Gasteiger partial charge is 0.319 e. The second-order valence-corrected chi connectivity index (χ2v) is 5.95. The Balaban J connectivity index is 2.09. The van der Waals surface area contributed by atoms with E-state index in [-0.39, 0.29) is 12.1 Å². The van der Waals surface area contributed by atoms with Crippen LogP contribution in [0.15, 0.2) is 36.4 Å². The molecule has 0 aliphatic carbocycles. The van der Waals surface area contributed by atoms with E-state index in [9.17, 15) is 4.79 Å². The van der Waals surface area contributed by atoms with E-state index in [4.69, 9.17) is 0 Å². The summed E-state index contributed by atoms with van der Waals surface area (Å²) in [5.41, 5.74) is 6.56. The zero-order valence-electron chi connectivity index (χ0n) is 13.9. The van der Waals surface area contributed by atoms with E-state index in [0.717, 1.165) is 22.4 Å². The predicted octanol–water partition coefficient (Wildman–Crippen LogP) is 4.80. The van der Waals surface area contributed by atoms with E-state index in [0.29, 0.717) is 0 Å². The number of urea groups is 1. The van der Waals surface area contributed by atoms with Crippen molar-refractivity contribution in [2.45, 2.75) is 40.7 Å². The van der Waals surface area contributed by atoms with Crippen LogP contribution in [0, 0.1) is 27.7 Å². The number of hydrogen-bond donors (Lipinski definition) is 2. The van der Waals surface area contributed by atoms with Crippen LogP contribution in [0.2, 0.25) is 0 Å². The molecule has 0 heterocycles. The van der Waals surface area contributed by atoms with Crippen molar-refractivity contribution in [2.24, 2.45) is 0 Å². The van der Waals surface area contributed by atoms with E-state index >= 15 is 0 Å². The first kappa shape index (κ1) is 16.1. The van der Waals surface area contributed by atoms with Crippen molar-refractivity contribution in [1.29, 1.82) is 0 Å². The van der Waals surface area contributed by atoms with E-state index in [1.54, 1.807) is 0 Å². The second kappa shape index (κ2) is 6.65. The third kappa shape index (κ3) is 3.67. The number of benzene rings is 2. The molecule has 2 rings (SSSR count). The van der Waals surface area contributed by atoms with Crippen LogP contribution >= 0.6 is 0 Å². The first-order chi connectivity index (χ1) is 10.4. The molecular formula is C19H24N2O. The van der Waals surface area contributed by atoms with Gasteiger partial charge in [-0.2, -0.15) is 0 Å². The Morgan fingerprint density at radius 1 is 0.955 bits per heavy atom. The van der Waals surface area contributed by atoms with Gasteiger partial charge >= 0.3 is 6.03 Å². The van der Waals surface area contributed by atoms with Gasteiger partial charge in [-0.3, -0.25) is 0 Å². The Hall–Kier alpha value is -2.29. The molecule has 116 valence electrons. The largest absolute Gasteiger partial charge is 0.331 e. The molecule has 1 atom stereocenters. The van der Waals surface area contributed by atoms with Crippen molar-refractivity contribution >= 4 is 11.7 Å². The van der Waals surface area contributed by atoms with Crippen molar-refractivity contribution in [3.8, 4) is 0 Å². The van der Waals surface area contributed by atoms with Crippen molar-refractivity contribution in [3.05, 3.63) is 64.2 Å². The minimum Gasteiger partial charge on any atom is -0.331 e. The summed E-state index contributed by atoms with van der Waals surface area (Å²) in [5, 5.41) is 5.98. The number of amides is 2. The predicted molar refractivity (Wildman–Crippen MR) is 92.4 cm³/mol. The molecule has 0 fully saturated rings. The van der Waals surface area contributed by atoms with Crippen molar-refractivity contribution in [1.82, 2.24) is 5.32 Å². The molecule has 0 unspecified atom stereocenters. The molecule has 0 spiro atoms. The molecule has 0 aromatic heterocycles. The van der Waals surface area contributed by atoms with Crippen LogP contribution in [0.25, 0.3) is 0 Å². The molecular weight excluding hydrogens is 272 g/mol. The molecule has 2 aromatic rings. The Labute approximate surface area is 132 Å². The Morgan fingerprint density at radius 3 is 2.14 bits per heavy atom. The van der Waals surface area contributed by atoms with E-state index in [1.807, 2.05) is 39.0 Å². The number of aryl methyl sites for hydroxylation is 4. The molecule has 0 radical (unpaired) electrons. The highest BCUT2D eigenvalue weighted by Gasteiger charge is 2.13. The normalized spacial score (nSPS) is 11.9. The molecule has 3 nitrogen and oxygen atoms in total. The number of hydrogen-bond acceptors (Lipinski definition) is 1. The Bertz CT molecular complexity index is 669. The van der Waals surface area contributed by atoms with Crippen LogP contribution in [-0.4, -0.2) is 6.03 Å². The summed E-state index contributed by atoms with van der Waals surface area (Å²) in [6.45, 7) is 10.1. The quantitative estimate of drug-likeness (QED) is 0.839. The molecule has 2 N–H and O–H groups in total. The first-order valence-electron chi connectivity index (χ1n) is 7.59. The summed E-state index contributed by atoms with van der Waals surface area (Å²) in [6.07, 6.45) is 0. The number of rotatable bonds is 3. The molecule has 3 heteroatoms. The number of nitrogens with one attached hydrogen (secondary N) is 2. The summed E-state index contributed by atoms with van der Waals surface area (Å²) in [6, 6.07) is 12.0. The third-order valence-corrected chi connectivity index (χ3v) is 3.92. The van der Waals surface area contributed by atoms with Gasteiger partial charge in [-0.25, -0.2) is 4.79 Å². The van der Waals surface area contributed by atoms with Gasteiger partial charge in [-0.05, 0) is 56.9 Å². The van der Waals surface area contributed by atoms with Crippen molar-refractivity contribution < 1.29 is 4.79 Å². The Kier molecular flexibility index (Phi) is 4.86. The third-order valence-electron chi connectivity index (χ3n) is 3.92. The van der Waals surface area contributed by atoms with Gasteiger partial charge < -0.3 is 10.6 Å². The number of carbonyl (C=O) groups excluding carboxylic acids is 1. The summed E-state index contributed by atoms with van der Waals surface area (Å²) in [7, 11) is 0. The summed E-state index contributed by atoms with van der Waals surface area (Å²) >= 11 is 0. The lowest BCUT2D eigenvalue weighted by molar-refractivity contribution is 0.249. The highest BCUT2D eigenvalue weighted by Crippen LogP contribution is 2.22. The van der Waals surface area contributed by atoms with E-state index in [2.05, 4.69) is 42.7 Å². The molecule has 2 amide bonds. The fourth-order valence-electron chi connectivity index (χ4n) is 2.87. The topological polar surface area (TPSA) is 41.1 Å². The average Bonchev–Trinajstić information content (AvgIpc) is 2.43. The van der Waals surface area contributed by atoms with Crippen molar-refractivity contribution in [3.63, 3.8) is 0 Å². The van der Waals surface area contributed by atoms with Gasteiger partial charge in [0.25, 0.3) is 0 Å². The summed E-state index contributed by atoms with van der Waals surface area (Å²) in [4.78, 5) is 12.3. The molecule has 0 saturated carbocycles. The molecule has 0 aliphatic heterocycles. The lowest BCUT2D eigenvalue weighted by atomic mass is 10.0.